The highest BCUT2D eigenvalue weighted by Gasteiger charge is 2.17. The fourth-order valence-electron chi connectivity index (χ4n) is 1.05. The molecule has 0 atom stereocenters. The Kier molecular flexibility index (Phi) is 3.38. The van der Waals surface area contributed by atoms with Gasteiger partial charge in [0.05, 0.1) is 28.7 Å². The molecular weight excluding hydrogens is 299 g/mol. The van der Waals surface area contributed by atoms with Gasteiger partial charge in [0.25, 0.3) is 5.69 Å². The number of rotatable bonds is 2. The number of halogens is 1. The van der Waals surface area contributed by atoms with Crippen molar-refractivity contribution >= 4 is 28.3 Å². The van der Waals surface area contributed by atoms with E-state index in [1.807, 2.05) is 28.7 Å². The van der Waals surface area contributed by atoms with E-state index in [-0.39, 0.29) is 16.8 Å². The molecule has 0 amide bonds. The Morgan fingerprint density at radius 3 is 2.71 bits per heavy atom. The van der Waals surface area contributed by atoms with Gasteiger partial charge in [-0.05, 0) is 28.7 Å². The summed E-state index contributed by atoms with van der Waals surface area (Å²) in [6.07, 6.45) is 0. The van der Waals surface area contributed by atoms with Gasteiger partial charge < -0.3 is 5.11 Å². The Labute approximate surface area is 93.3 Å². The number of nitriles is 1. The van der Waals surface area contributed by atoms with Gasteiger partial charge in [0.15, 0.2) is 0 Å². The minimum absolute atomic E-state index is 0.0675. The van der Waals surface area contributed by atoms with Gasteiger partial charge in [0, 0.05) is 9.64 Å². The van der Waals surface area contributed by atoms with E-state index in [1.54, 1.807) is 0 Å². The molecule has 0 fully saturated rings. The molecule has 1 rings (SSSR count). The first kappa shape index (κ1) is 10.9. The lowest BCUT2D eigenvalue weighted by atomic mass is 10.1. The second-order valence-electron chi connectivity index (χ2n) is 2.48. The molecule has 72 valence electrons. The van der Waals surface area contributed by atoms with Gasteiger partial charge in [-0.15, -0.1) is 0 Å². The van der Waals surface area contributed by atoms with Gasteiger partial charge in [-0.2, -0.15) is 5.26 Å². The minimum Gasteiger partial charge on any atom is -0.391 e. The van der Waals surface area contributed by atoms with Gasteiger partial charge >= 0.3 is 0 Å². The molecule has 0 heterocycles. The van der Waals surface area contributed by atoms with Crippen LogP contribution in [0, 0.1) is 25.0 Å². The maximum absolute atomic E-state index is 10.6. The maximum Gasteiger partial charge on any atom is 0.277 e. The van der Waals surface area contributed by atoms with E-state index in [1.165, 1.54) is 12.1 Å². The Balaban J connectivity index is 3.49. The van der Waals surface area contributed by atoms with Crippen LogP contribution in [0.25, 0.3) is 0 Å². The molecule has 0 unspecified atom stereocenters. The van der Waals surface area contributed by atoms with Crippen LogP contribution in [0.2, 0.25) is 0 Å². The highest BCUT2D eigenvalue weighted by molar-refractivity contribution is 14.1. The number of nitrogens with zero attached hydrogens (tertiary/aromatic N) is 2. The highest BCUT2D eigenvalue weighted by atomic mass is 127. The molecule has 1 N–H and O–H groups in total. The van der Waals surface area contributed by atoms with Crippen LogP contribution in [0.1, 0.15) is 11.1 Å². The van der Waals surface area contributed by atoms with Crippen LogP contribution in [-0.2, 0) is 6.61 Å². The summed E-state index contributed by atoms with van der Waals surface area (Å²) in [6, 6.07) is 4.64. The second kappa shape index (κ2) is 4.34. The average molecular weight is 304 g/mol. The van der Waals surface area contributed by atoms with Gasteiger partial charge in [-0.1, -0.05) is 0 Å². The van der Waals surface area contributed by atoms with Crippen LogP contribution in [0.3, 0.4) is 0 Å². The van der Waals surface area contributed by atoms with Gasteiger partial charge in [0.1, 0.15) is 0 Å². The summed E-state index contributed by atoms with van der Waals surface area (Å²) in [5.74, 6) is 0. The number of benzene rings is 1. The predicted octanol–water partition coefficient (Wildman–Crippen LogP) is 1.56. The number of nitro groups is 1. The van der Waals surface area contributed by atoms with E-state index in [0.717, 1.165) is 0 Å². The lowest BCUT2D eigenvalue weighted by Crippen LogP contribution is -1.99. The Hall–Kier alpha value is -1.20. The van der Waals surface area contributed by atoms with Crippen LogP contribution in [0.5, 0.6) is 0 Å². The molecule has 6 heteroatoms. The molecule has 0 aliphatic heterocycles. The smallest absolute Gasteiger partial charge is 0.277 e. The van der Waals surface area contributed by atoms with Crippen LogP contribution < -0.4 is 0 Å². The van der Waals surface area contributed by atoms with E-state index in [2.05, 4.69) is 0 Å². The SMILES string of the molecule is N#Cc1cc(I)cc([N+](=O)[O-])c1CO. The molecular formula is C8H5IN2O3. The molecule has 0 spiro atoms. The molecule has 0 bridgehead atoms. The average Bonchev–Trinajstić information content (AvgIpc) is 2.16. The molecule has 0 saturated heterocycles. The van der Waals surface area contributed by atoms with Crippen LogP contribution in [0.15, 0.2) is 12.1 Å². The Morgan fingerprint density at radius 2 is 2.29 bits per heavy atom. The molecule has 0 radical (unpaired) electrons. The van der Waals surface area contributed by atoms with E-state index >= 15 is 0 Å². The molecule has 1 aromatic carbocycles. The Morgan fingerprint density at radius 1 is 1.64 bits per heavy atom. The van der Waals surface area contributed by atoms with E-state index < -0.39 is 11.5 Å². The van der Waals surface area contributed by atoms with E-state index in [4.69, 9.17) is 10.4 Å². The van der Waals surface area contributed by atoms with Crippen molar-refractivity contribution in [3.05, 3.63) is 36.9 Å². The zero-order valence-corrected chi connectivity index (χ0v) is 9.06. The van der Waals surface area contributed by atoms with Crippen molar-refractivity contribution in [3.8, 4) is 6.07 Å². The fourth-order valence-corrected chi connectivity index (χ4v) is 1.66. The summed E-state index contributed by atoms with van der Waals surface area (Å²) in [5.41, 5.74) is -0.0000315. The first-order chi connectivity index (χ1) is 6.60. The molecule has 5 nitrogen and oxygen atoms in total. The fraction of sp³-hybridized carbons (Fsp3) is 0.125. The zero-order chi connectivity index (χ0) is 10.7. The number of aliphatic hydroxyl groups is 1. The summed E-state index contributed by atoms with van der Waals surface area (Å²) in [7, 11) is 0. The third-order valence-electron chi connectivity index (χ3n) is 1.67. The summed E-state index contributed by atoms with van der Waals surface area (Å²) in [5, 5.41) is 28.2. The number of nitro benzene ring substituents is 1. The van der Waals surface area contributed by atoms with Crippen molar-refractivity contribution in [3.63, 3.8) is 0 Å². The van der Waals surface area contributed by atoms with E-state index in [0.29, 0.717) is 3.57 Å². The molecule has 0 aliphatic rings. The molecule has 0 aliphatic carbocycles. The topological polar surface area (TPSA) is 87.2 Å². The van der Waals surface area contributed by atoms with Gasteiger partial charge in [0.2, 0.25) is 0 Å². The van der Waals surface area contributed by atoms with Gasteiger partial charge in [-0.25, -0.2) is 0 Å². The van der Waals surface area contributed by atoms with Crippen LogP contribution in [0.4, 0.5) is 5.69 Å². The number of hydrogen-bond donors (Lipinski definition) is 1. The molecule has 1 aromatic rings. The Bertz CT molecular complexity index is 425. The lowest BCUT2D eigenvalue weighted by molar-refractivity contribution is -0.386. The maximum atomic E-state index is 10.6. The third-order valence-corrected chi connectivity index (χ3v) is 2.29. The quantitative estimate of drug-likeness (QED) is 0.510. The summed E-state index contributed by atoms with van der Waals surface area (Å²) in [6.45, 7) is -0.504. The first-order valence-corrected chi connectivity index (χ1v) is 4.65. The van der Waals surface area contributed by atoms with Crippen molar-refractivity contribution < 1.29 is 10.0 Å². The lowest BCUT2D eigenvalue weighted by Gasteiger charge is -2.02. The van der Waals surface area contributed by atoms with Crippen LogP contribution in [-0.4, -0.2) is 10.0 Å². The summed E-state index contributed by atoms with van der Waals surface area (Å²) >= 11 is 1.88. The normalized spacial score (nSPS) is 9.50. The molecule has 0 saturated carbocycles. The van der Waals surface area contributed by atoms with Crippen molar-refractivity contribution in [2.45, 2.75) is 6.61 Å². The largest absolute Gasteiger partial charge is 0.391 e. The molecule has 14 heavy (non-hydrogen) atoms. The van der Waals surface area contributed by atoms with Crippen molar-refractivity contribution in [2.75, 3.05) is 0 Å². The zero-order valence-electron chi connectivity index (χ0n) is 6.90. The number of hydrogen-bond acceptors (Lipinski definition) is 4. The molecule has 0 aromatic heterocycles. The van der Waals surface area contributed by atoms with Crippen molar-refractivity contribution in [1.82, 2.24) is 0 Å². The van der Waals surface area contributed by atoms with E-state index in [9.17, 15) is 10.1 Å². The monoisotopic (exact) mass is 304 g/mol. The first-order valence-electron chi connectivity index (χ1n) is 3.58. The second-order valence-corrected chi connectivity index (χ2v) is 3.72. The third kappa shape index (κ3) is 2.00. The number of aliphatic hydroxyl groups excluding tert-OH is 1. The summed E-state index contributed by atoms with van der Waals surface area (Å²) in [4.78, 5) is 9.98. The standard InChI is InChI=1S/C8H5IN2O3/c9-6-1-5(3-10)7(4-12)8(2-6)11(13)14/h1-2,12H,4H2. The summed E-state index contributed by atoms with van der Waals surface area (Å²) < 4.78 is 0.600. The van der Waals surface area contributed by atoms with Crippen molar-refractivity contribution in [2.24, 2.45) is 0 Å². The van der Waals surface area contributed by atoms with Crippen molar-refractivity contribution in [1.29, 1.82) is 5.26 Å². The highest BCUT2D eigenvalue weighted by Crippen LogP contribution is 2.25. The van der Waals surface area contributed by atoms with Crippen LogP contribution >= 0.6 is 22.6 Å². The predicted molar refractivity (Wildman–Crippen MR) is 56.5 cm³/mol. The van der Waals surface area contributed by atoms with Gasteiger partial charge in [-0.3, -0.25) is 10.1 Å². The minimum atomic E-state index is -0.603.